The van der Waals surface area contributed by atoms with Gasteiger partial charge in [-0.1, -0.05) is 54.1 Å². The topological polar surface area (TPSA) is 72.7 Å². The molecule has 0 saturated carbocycles. The summed E-state index contributed by atoms with van der Waals surface area (Å²) in [4.78, 5) is 25.5. The summed E-state index contributed by atoms with van der Waals surface area (Å²) in [5.74, 6) is 0.464. The van der Waals surface area contributed by atoms with Crippen molar-refractivity contribution in [1.29, 1.82) is 0 Å². The number of rotatable bonds is 3. The minimum atomic E-state index is -0.571. The van der Waals surface area contributed by atoms with Gasteiger partial charge in [0.15, 0.2) is 0 Å². The number of ether oxygens (including phenoxy) is 1. The highest BCUT2D eigenvalue weighted by Crippen LogP contribution is 2.39. The Morgan fingerprint density at radius 2 is 1.76 bits per heavy atom. The molecule has 0 aromatic heterocycles. The van der Waals surface area contributed by atoms with Crippen molar-refractivity contribution >= 4 is 29.3 Å². The number of benzene rings is 3. The van der Waals surface area contributed by atoms with Gasteiger partial charge in [0, 0.05) is 42.6 Å². The fourth-order valence-corrected chi connectivity index (χ4v) is 4.61. The van der Waals surface area contributed by atoms with E-state index in [9.17, 15) is 14.9 Å². The minimum absolute atomic E-state index is 0.0549. The van der Waals surface area contributed by atoms with Crippen LogP contribution in [0.25, 0.3) is 17.2 Å². The van der Waals surface area contributed by atoms with E-state index < -0.39 is 10.5 Å². The zero-order valence-corrected chi connectivity index (χ0v) is 18.5. The van der Waals surface area contributed by atoms with E-state index in [1.54, 1.807) is 4.90 Å². The maximum absolute atomic E-state index is 13.0. The lowest BCUT2D eigenvalue weighted by molar-refractivity contribution is -0.385. The summed E-state index contributed by atoms with van der Waals surface area (Å²) in [7, 11) is 0. The second kappa shape index (κ2) is 8.37. The average molecular weight is 461 g/mol. The third-order valence-corrected chi connectivity index (χ3v) is 6.52. The van der Waals surface area contributed by atoms with Crippen LogP contribution < -0.4 is 4.74 Å². The molecule has 0 N–H and O–H groups in total. The van der Waals surface area contributed by atoms with Crippen molar-refractivity contribution < 1.29 is 14.5 Å². The molecule has 0 atom stereocenters. The first-order valence-corrected chi connectivity index (χ1v) is 11.1. The maximum Gasteiger partial charge on any atom is 0.283 e. The van der Waals surface area contributed by atoms with Crippen LogP contribution in [-0.4, -0.2) is 34.4 Å². The Kier molecular flexibility index (Phi) is 5.38. The first-order valence-electron chi connectivity index (χ1n) is 10.8. The van der Waals surface area contributed by atoms with Crippen molar-refractivity contribution in [1.82, 2.24) is 4.90 Å². The van der Waals surface area contributed by atoms with Gasteiger partial charge in [-0.25, -0.2) is 0 Å². The minimum Gasteiger partial charge on any atom is -0.482 e. The summed E-state index contributed by atoms with van der Waals surface area (Å²) in [5, 5.41) is 11.6. The standard InChI is InChI=1S/C26H21ClN2O4/c27-21-7-8-22(23(17-21)29(31)32)25(30)28-14-12-26(13-15-28)11-10-20-16-19(6-9-24(20)33-26)18-4-2-1-3-5-18/h1-11,16-17H,12-15H2. The van der Waals surface area contributed by atoms with Crippen molar-refractivity contribution in [2.75, 3.05) is 13.1 Å². The molecule has 7 heteroatoms. The first kappa shape index (κ1) is 21.2. The van der Waals surface area contributed by atoms with Gasteiger partial charge in [-0.2, -0.15) is 0 Å². The highest BCUT2D eigenvalue weighted by atomic mass is 35.5. The summed E-state index contributed by atoms with van der Waals surface area (Å²) in [6, 6.07) is 20.5. The molecule has 1 fully saturated rings. The zero-order chi connectivity index (χ0) is 23.0. The molecule has 3 aromatic rings. The van der Waals surface area contributed by atoms with Gasteiger partial charge in [0.1, 0.15) is 16.9 Å². The van der Waals surface area contributed by atoms with Gasteiger partial charge in [0.05, 0.1) is 4.92 Å². The van der Waals surface area contributed by atoms with Gasteiger partial charge >= 0.3 is 0 Å². The van der Waals surface area contributed by atoms with Crippen LogP contribution in [-0.2, 0) is 0 Å². The van der Waals surface area contributed by atoms with Crippen molar-refractivity contribution in [3.63, 3.8) is 0 Å². The Balaban J connectivity index is 1.31. The third kappa shape index (κ3) is 4.10. The van der Waals surface area contributed by atoms with Crippen LogP contribution in [0.3, 0.4) is 0 Å². The zero-order valence-electron chi connectivity index (χ0n) is 17.7. The quantitative estimate of drug-likeness (QED) is 0.355. The second-order valence-electron chi connectivity index (χ2n) is 8.33. The number of halogens is 1. The summed E-state index contributed by atoms with van der Waals surface area (Å²) in [5.41, 5.74) is 2.60. The summed E-state index contributed by atoms with van der Waals surface area (Å²) >= 11 is 5.88. The number of likely N-dealkylation sites (tertiary alicyclic amines) is 1. The molecule has 2 heterocycles. The van der Waals surface area contributed by atoms with Crippen LogP contribution in [0.5, 0.6) is 5.75 Å². The van der Waals surface area contributed by atoms with Gasteiger partial charge in [0.25, 0.3) is 11.6 Å². The van der Waals surface area contributed by atoms with Crippen LogP contribution in [0.1, 0.15) is 28.8 Å². The number of piperidine rings is 1. The number of nitrogens with zero attached hydrogens (tertiary/aromatic N) is 2. The van der Waals surface area contributed by atoms with Gasteiger partial charge in [-0.3, -0.25) is 14.9 Å². The number of fused-ring (bicyclic) bond motifs is 1. The van der Waals surface area contributed by atoms with E-state index in [1.807, 2.05) is 24.3 Å². The van der Waals surface area contributed by atoms with Gasteiger partial charge < -0.3 is 9.64 Å². The molecule has 1 spiro atoms. The van der Waals surface area contributed by atoms with E-state index in [1.165, 1.54) is 18.2 Å². The molecule has 166 valence electrons. The predicted molar refractivity (Wildman–Crippen MR) is 128 cm³/mol. The molecule has 0 radical (unpaired) electrons. The number of nitro groups is 1. The molecule has 6 nitrogen and oxygen atoms in total. The van der Waals surface area contributed by atoms with Crippen molar-refractivity contribution in [2.45, 2.75) is 18.4 Å². The normalized spacial score (nSPS) is 16.2. The van der Waals surface area contributed by atoms with Gasteiger partial charge in [0.2, 0.25) is 0 Å². The van der Waals surface area contributed by atoms with E-state index in [0.717, 1.165) is 22.4 Å². The lowest BCUT2D eigenvalue weighted by Crippen LogP contribution is -2.49. The fraction of sp³-hybridized carbons (Fsp3) is 0.192. The van der Waals surface area contributed by atoms with Crippen LogP contribution in [0, 0.1) is 10.1 Å². The van der Waals surface area contributed by atoms with Gasteiger partial charge in [-0.05, 0) is 41.5 Å². The van der Waals surface area contributed by atoms with Crippen LogP contribution in [0.4, 0.5) is 5.69 Å². The van der Waals surface area contributed by atoms with E-state index in [4.69, 9.17) is 16.3 Å². The molecule has 1 saturated heterocycles. The molecule has 0 unspecified atom stereocenters. The Labute approximate surface area is 196 Å². The largest absolute Gasteiger partial charge is 0.482 e. The fourth-order valence-electron chi connectivity index (χ4n) is 4.44. The van der Waals surface area contributed by atoms with Crippen molar-refractivity contribution in [3.8, 4) is 16.9 Å². The smallest absolute Gasteiger partial charge is 0.283 e. The van der Waals surface area contributed by atoms with Gasteiger partial charge in [-0.15, -0.1) is 0 Å². The molecule has 3 aromatic carbocycles. The van der Waals surface area contributed by atoms with E-state index in [2.05, 4.69) is 36.4 Å². The number of hydrogen-bond donors (Lipinski definition) is 0. The maximum atomic E-state index is 13.0. The molecular weight excluding hydrogens is 440 g/mol. The Morgan fingerprint density at radius 1 is 1.00 bits per heavy atom. The van der Waals surface area contributed by atoms with Crippen molar-refractivity contribution in [2.24, 2.45) is 0 Å². The molecule has 0 aliphatic carbocycles. The number of hydrogen-bond acceptors (Lipinski definition) is 4. The van der Waals surface area contributed by atoms with E-state index >= 15 is 0 Å². The molecule has 2 aliphatic rings. The molecular formula is C26H21ClN2O4. The highest BCUT2D eigenvalue weighted by molar-refractivity contribution is 6.31. The monoisotopic (exact) mass is 460 g/mol. The molecule has 2 aliphatic heterocycles. The average Bonchev–Trinajstić information content (AvgIpc) is 2.84. The SMILES string of the molecule is O=C(c1ccc(Cl)cc1[N+](=O)[O-])N1CCC2(C=Cc3cc(-c4ccccc4)ccc3O2)CC1. The van der Waals surface area contributed by atoms with Crippen molar-refractivity contribution in [3.05, 3.63) is 99.1 Å². The second-order valence-corrected chi connectivity index (χ2v) is 8.77. The van der Waals surface area contributed by atoms with E-state index in [-0.39, 0.29) is 22.2 Å². The molecule has 0 bridgehead atoms. The Hall–Kier alpha value is -3.64. The predicted octanol–water partition coefficient (Wildman–Crippen LogP) is 6.00. The van der Waals surface area contributed by atoms with Crippen LogP contribution in [0.15, 0.2) is 72.8 Å². The number of amides is 1. The summed E-state index contributed by atoms with van der Waals surface area (Å²) < 4.78 is 6.41. The number of carbonyl (C=O) groups excluding carboxylic acids is 1. The third-order valence-electron chi connectivity index (χ3n) is 6.28. The Bertz CT molecular complexity index is 1260. The first-order chi connectivity index (χ1) is 15.9. The molecule has 1 amide bonds. The number of carbonyl (C=O) groups is 1. The Morgan fingerprint density at radius 3 is 2.48 bits per heavy atom. The summed E-state index contributed by atoms with van der Waals surface area (Å²) in [6.07, 6.45) is 5.39. The lowest BCUT2D eigenvalue weighted by Gasteiger charge is -2.42. The van der Waals surface area contributed by atoms with Crippen LogP contribution >= 0.6 is 11.6 Å². The lowest BCUT2D eigenvalue weighted by atomic mass is 9.87. The van der Waals surface area contributed by atoms with Crippen LogP contribution in [0.2, 0.25) is 5.02 Å². The van der Waals surface area contributed by atoms with E-state index in [0.29, 0.717) is 25.9 Å². The number of nitro benzene ring substituents is 1. The molecule has 5 rings (SSSR count). The highest BCUT2D eigenvalue weighted by Gasteiger charge is 2.39. The molecule has 33 heavy (non-hydrogen) atoms. The summed E-state index contributed by atoms with van der Waals surface area (Å²) in [6.45, 7) is 0.890.